The fraction of sp³-hybridized carbons (Fsp3) is 1.00. The second-order valence-electron chi connectivity index (χ2n) is 5.75. The van der Waals surface area contributed by atoms with Crippen LogP contribution in [-0.4, -0.2) is 56.9 Å². The van der Waals surface area contributed by atoms with Gasteiger partial charge in [-0.3, -0.25) is 0 Å². The van der Waals surface area contributed by atoms with Crippen LogP contribution in [0.25, 0.3) is 0 Å². The average Bonchev–Trinajstić information content (AvgIpc) is 2.94. The number of sulfonamides is 1. The summed E-state index contributed by atoms with van der Waals surface area (Å²) in [4.78, 5) is 0. The molecule has 0 aromatic rings. The third-order valence-electron chi connectivity index (χ3n) is 4.80. The normalized spacial score (nSPS) is 39.1. The van der Waals surface area contributed by atoms with E-state index in [9.17, 15) is 8.42 Å². The summed E-state index contributed by atoms with van der Waals surface area (Å²) >= 11 is 0. The third-order valence-corrected chi connectivity index (χ3v) is 7.25. The standard InChI is InChI=1S/C12H22N2O3S/c1-9-12-7-13-6-10(12)8-14(9)18(15,16)11-2-4-17-5-3-11/h9-13H,2-8H2,1H3. The Morgan fingerprint density at radius 3 is 2.61 bits per heavy atom. The summed E-state index contributed by atoms with van der Waals surface area (Å²) in [5.41, 5.74) is 0. The molecule has 5 nitrogen and oxygen atoms in total. The van der Waals surface area contributed by atoms with Crippen molar-refractivity contribution in [3.8, 4) is 0 Å². The summed E-state index contributed by atoms with van der Waals surface area (Å²) in [6, 6.07) is 0.151. The highest BCUT2D eigenvalue weighted by molar-refractivity contribution is 7.89. The van der Waals surface area contributed by atoms with Gasteiger partial charge in [-0.15, -0.1) is 0 Å². The zero-order chi connectivity index (χ0) is 12.8. The van der Waals surface area contributed by atoms with Crippen LogP contribution in [0, 0.1) is 11.8 Å². The molecule has 0 radical (unpaired) electrons. The molecule has 0 aromatic heterocycles. The highest BCUT2D eigenvalue weighted by atomic mass is 32.2. The van der Waals surface area contributed by atoms with Gasteiger partial charge in [0.15, 0.2) is 0 Å². The molecule has 3 unspecified atom stereocenters. The van der Waals surface area contributed by atoms with Gasteiger partial charge in [-0.2, -0.15) is 4.31 Å². The van der Waals surface area contributed by atoms with Crippen LogP contribution in [0.2, 0.25) is 0 Å². The maximum Gasteiger partial charge on any atom is 0.217 e. The smallest absolute Gasteiger partial charge is 0.217 e. The molecule has 0 aromatic carbocycles. The SMILES string of the molecule is CC1C2CNCC2CN1S(=O)(=O)C1CCOCC1. The van der Waals surface area contributed by atoms with Crippen molar-refractivity contribution < 1.29 is 13.2 Å². The Labute approximate surface area is 109 Å². The molecule has 3 atom stereocenters. The minimum absolute atomic E-state index is 0.151. The summed E-state index contributed by atoms with van der Waals surface area (Å²) in [7, 11) is -3.13. The largest absolute Gasteiger partial charge is 0.381 e. The minimum atomic E-state index is -3.13. The predicted molar refractivity (Wildman–Crippen MR) is 68.8 cm³/mol. The van der Waals surface area contributed by atoms with Gasteiger partial charge >= 0.3 is 0 Å². The zero-order valence-corrected chi connectivity index (χ0v) is 11.7. The van der Waals surface area contributed by atoms with E-state index < -0.39 is 10.0 Å². The topological polar surface area (TPSA) is 58.6 Å². The molecule has 0 spiro atoms. The Balaban J connectivity index is 1.77. The molecule has 0 aliphatic carbocycles. The third kappa shape index (κ3) is 1.99. The van der Waals surface area contributed by atoms with Gasteiger partial charge in [0.1, 0.15) is 0 Å². The number of hydrogen-bond acceptors (Lipinski definition) is 4. The molecule has 1 N–H and O–H groups in total. The number of nitrogens with one attached hydrogen (secondary N) is 1. The first-order valence-corrected chi connectivity index (χ1v) is 8.40. The molecule has 3 aliphatic heterocycles. The van der Waals surface area contributed by atoms with E-state index >= 15 is 0 Å². The van der Waals surface area contributed by atoms with E-state index in [4.69, 9.17) is 4.74 Å². The van der Waals surface area contributed by atoms with Gasteiger partial charge in [0.25, 0.3) is 0 Å². The summed E-state index contributed by atoms with van der Waals surface area (Å²) in [5.74, 6) is 1.01. The first-order valence-electron chi connectivity index (χ1n) is 6.90. The first kappa shape index (κ1) is 12.8. The Morgan fingerprint density at radius 2 is 1.94 bits per heavy atom. The van der Waals surface area contributed by atoms with Gasteiger partial charge in [0.2, 0.25) is 10.0 Å². The highest BCUT2D eigenvalue weighted by Gasteiger charge is 2.48. The van der Waals surface area contributed by atoms with Crippen molar-refractivity contribution in [3.05, 3.63) is 0 Å². The number of ether oxygens (including phenoxy) is 1. The maximum atomic E-state index is 12.7. The van der Waals surface area contributed by atoms with Crippen molar-refractivity contribution in [3.63, 3.8) is 0 Å². The quantitative estimate of drug-likeness (QED) is 0.772. The van der Waals surface area contributed by atoms with Gasteiger partial charge in [-0.1, -0.05) is 0 Å². The molecule has 0 bridgehead atoms. The summed E-state index contributed by atoms with van der Waals surface area (Å²) in [5, 5.41) is 3.14. The Kier molecular flexibility index (Phi) is 3.38. The van der Waals surface area contributed by atoms with Crippen molar-refractivity contribution in [2.24, 2.45) is 11.8 Å². The van der Waals surface area contributed by atoms with E-state index in [2.05, 4.69) is 12.2 Å². The van der Waals surface area contributed by atoms with E-state index in [-0.39, 0.29) is 11.3 Å². The van der Waals surface area contributed by atoms with Gasteiger partial charge in [0, 0.05) is 25.8 Å². The second kappa shape index (κ2) is 4.74. The van der Waals surface area contributed by atoms with Gasteiger partial charge in [-0.05, 0) is 44.7 Å². The van der Waals surface area contributed by atoms with Crippen LogP contribution in [0.3, 0.4) is 0 Å². The monoisotopic (exact) mass is 274 g/mol. The van der Waals surface area contributed by atoms with Gasteiger partial charge < -0.3 is 10.1 Å². The number of nitrogens with zero attached hydrogens (tertiary/aromatic N) is 1. The van der Waals surface area contributed by atoms with E-state index in [1.165, 1.54) is 0 Å². The number of rotatable bonds is 2. The molecule has 3 saturated heterocycles. The molecule has 3 heterocycles. The lowest BCUT2D eigenvalue weighted by Gasteiger charge is -2.30. The fourth-order valence-corrected chi connectivity index (χ4v) is 5.82. The van der Waals surface area contributed by atoms with Crippen LogP contribution in [0.4, 0.5) is 0 Å². The molecule has 104 valence electrons. The van der Waals surface area contributed by atoms with Crippen molar-refractivity contribution in [2.45, 2.75) is 31.1 Å². The van der Waals surface area contributed by atoms with Crippen LogP contribution in [0.1, 0.15) is 19.8 Å². The van der Waals surface area contributed by atoms with Crippen LogP contribution >= 0.6 is 0 Å². The number of hydrogen-bond donors (Lipinski definition) is 1. The van der Waals surface area contributed by atoms with Crippen LogP contribution < -0.4 is 5.32 Å². The maximum absolute atomic E-state index is 12.7. The Hall–Kier alpha value is -0.170. The first-order chi connectivity index (χ1) is 8.60. The van der Waals surface area contributed by atoms with Gasteiger partial charge in [0.05, 0.1) is 5.25 Å². The zero-order valence-electron chi connectivity index (χ0n) is 10.8. The van der Waals surface area contributed by atoms with Crippen molar-refractivity contribution in [1.82, 2.24) is 9.62 Å². The molecule has 0 saturated carbocycles. The molecule has 0 amide bonds. The van der Waals surface area contributed by atoms with E-state index in [1.54, 1.807) is 4.31 Å². The predicted octanol–water partition coefficient (Wildman–Crippen LogP) is 0.0349. The van der Waals surface area contributed by atoms with Crippen molar-refractivity contribution >= 4 is 10.0 Å². The fourth-order valence-electron chi connectivity index (χ4n) is 3.63. The summed E-state index contributed by atoms with van der Waals surface area (Å²) in [6.45, 7) is 5.87. The molecule has 18 heavy (non-hydrogen) atoms. The average molecular weight is 274 g/mol. The van der Waals surface area contributed by atoms with E-state index in [1.807, 2.05) is 0 Å². The lowest BCUT2D eigenvalue weighted by molar-refractivity contribution is 0.0970. The molecule has 3 fully saturated rings. The lowest BCUT2D eigenvalue weighted by Crippen LogP contribution is -2.45. The Morgan fingerprint density at radius 1 is 1.22 bits per heavy atom. The molecular formula is C12H22N2O3S. The summed E-state index contributed by atoms with van der Waals surface area (Å²) in [6.07, 6.45) is 1.30. The Bertz CT molecular complexity index is 406. The number of fused-ring (bicyclic) bond motifs is 1. The van der Waals surface area contributed by atoms with Crippen LogP contribution in [0.15, 0.2) is 0 Å². The molecule has 6 heteroatoms. The van der Waals surface area contributed by atoms with Gasteiger partial charge in [-0.25, -0.2) is 8.42 Å². The molecule has 3 aliphatic rings. The molecule has 3 rings (SSSR count). The van der Waals surface area contributed by atoms with E-state index in [0.717, 1.165) is 13.1 Å². The minimum Gasteiger partial charge on any atom is -0.381 e. The van der Waals surface area contributed by atoms with E-state index in [0.29, 0.717) is 44.4 Å². The molecular weight excluding hydrogens is 252 g/mol. The van der Waals surface area contributed by atoms with Crippen LogP contribution in [-0.2, 0) is 14.8 Å². The highest BCUT2D eigenvalue weighted by Crippen LogP contribution is 2.36. The lowest BCUT2D eigenvalue weighted by atomic mass is 9.95. The van der Waals surface area contributed by atoms with Crippen LogP contribution in [0.5, 0.6) is 0 Å². The second-order valence-corrected chi connectivity index (χ2v) is 7.91. The van der Waals surface area contributed by atoms with Crippen molar-refractivity contribution in [1.29, 1.82) is 0 Å². The summed E-state index contributed by atoms with van der Waals surface area (Å²) < 4.78 is 32.4. The van der Waals surface area contributed by atoms with Crippen molar-refractivity contribution in [2.75, 3.05) is 32.8 Å².